The molecule has 144 valence electrons. The fourth-order valence-corrected chi connectivity index (χ4v) is 3.16. The number of benzene rings is 2. The number of anilines is 2. The maximum absolute atomic E-state index is 11.9. The number of nitrogens with one attached hydrogen (secondary N) is 2. The van der Waals surface area contributed by atoms with Gasteiger partial charge in [-0.2, -0.15) is 0 Å². The van der Waals surface area contributed by atoms with Crippen molar-refractivity contribution in [3.05, 3.63) is 58.6 Å². The Morgan fingerprint density at radius 1 is 1.04 bits per heavy atom. The molecule has 4 N–H and O–H groups in total. The fraction of sp³-hybridized carbons (Fsp3) is 0.300. The first-order valence-electron chi connectivity index (χ1n) is 8.84. The van der Waals surface area contributed by atoms with E-state index >= 15 is 0 Å². The molecule has 2 aromatic rings. The highest BCUT2D eigenvalue weighted by Gasteiger charge is 2.10. The Bertz CT molecular complexity index is 808. The molecule has 1 amide bonds. The zero-order chi connectivity index (χ0) is 18.4. The number of aliphatic imine (C=N–C) groups is 1. The van der Waals surface area contributed by atoms with Crippen LogP contribution in [0.2, 0.25) is 5.02 Å². The number of guanidine groups is 1. The molecule has 0 fully saturated rings. The summed E-state index contributed by atoms with van der Waals surface area (Å²) in [6.07, 6.45) is 4.53. The molecule has 0 aliphatic heterocycles. The molecule has 5 nitrogen and oxygen atoms in total. The van der Waals surface area contributed by atoms with Gasteiger partial charge in [0.25, 0.3) is 0 Å². The number of hydrogen-bond donors (Lipinski definition) is 3. The number of hydrogen-bond acceptors (Lipinski definition) is 2. The van der Waals surface area contributed by atoms with Gasteiger partial charge in [0.1, 0.15) is 0 Å². The van der Waals surface area contributed by atoms with Gasteiger partial charge in [0, 0.05) is 29.4 Å². The smallest absolute Gasteiger partial charge is 0.224 e. The van der Waals surface area contributed by atoms with Crippen molar-refractivity contribution in [1.82, 2.24) is 0 Å². The van der Waals surface area contributed by atoms with Crippen LogP contribution < -0.4 is 16.4 Å². The fourth-order valence-electron chi connectivity index (χ4n) is 3.03. The van der Waals surface area contributed by atoms with Crippen molar-refractivity contribution in [1.29, 1.82) is 0 Å². The highest BCUT2D eigenvalue weighted by Crippen LogP contribution is 2.24. The van der Waals surface area contributed by atoms with Gasteiger partial charge in [0.2, 0.25) is 5.91 Å². The zero-order valence-electron chi connectivity index (χ0n) is 15.0. The van der Waals surface area contributed by atoms with E-state index in [-0.39, 0.29) is 29.9 Å². The molecule has 0 aromatic heterocycles. The van der Waals surface area contributed by atoms with Crippen molar-refractivity contribution in [2.75, 3.05) is 17.2 Å². The van der Waals surface area contributed by atoms with E-state index in [0.29, 0.717) is 30.4 Å². The molecule has 0 unspecified atom stereocenters. The second-order valence-electron chi connectivity index (χ2n) is 6.39. The summed E-state index contributed by atoms with van der Waals surface area (Å²) in [7, 11) is 0. The number of fused-ring (bicyclic) bond motifs is 1. The van der Waals surface area contributed by atoms with Crippen molar-refractivity contribution in [3.8, 4) is 0 Å². The van der Waals surface area contributed by atoms with E-state index in [2.05, 4.69) is 27.8 Å². The predicted octanol–water partition coefficient (Wildman–Crippen LogP) is 4.59. The average molecular weight is 499 g/mol. The van der Waals surface area contributed by atoms with Crippen LogP contribution in [-0.2, 0) is 17.6 Å². The Morgan fingerprint density at radius 3 is 2.52 bits per heavy atom. The molecule has 0 saturated carbocycles. The van der Waals surface area contributed by atoms with Crippen LogP contribution in [0.3, 0.4) is 0 Å². The quantitative estimate of drug-likeness (QED) is 0.236. The Labute approximate surface area is 181 Å². The molecule has 2 aromatic carbocycles. The normalized spacial score (nSPS) is 12.9. The lowest BCUT2D eigenvalue weighted by Crippen LogP contribution is -2.23. The molecule has 0 atom stereocenters. The number of aryl methyl sites for hydroxylation is 2. The number of halogens is 2. The highest BCUT2D eigenvalue weighted by molar-refractivity contribution is 14.0. The minimum atomic E-state index is -0.0484. The SMILES string of the molecule is I.NC(=NCCCC(=O)Nc1ccc(Cl)cc1)Nc1ccc2c(c1)CCC2. The Kier molecular flexibility index (Phi) is 8.37. The van der Waals surface area contributed by atoms with Crippen molar-refractivity contribution in [2.24, 2.45) is 10.7 Å². The van der Waals surface area contributed by atoms with Crippen LogP contribution in [0.4, 0.5) is 11.4 Å². The lowest BCUT2D eigenvalue weighted by Gasteiger charge is -2.08. The van der Waals surface area contributed by atoms with Gasteiger partial charge >= 0.3 is 0 Å². The van der Waals surface area contributed by atoms with E-state index in [1.54, 1.807) is 24.3 Å². The second-order valence-corrected chi connectivity index (χ2v) is 6.82. The van der Waals surface area contributed by atoms with Crippen LogP contribution in [-0.4, -0.2) is 18.4 Å². The second kappa shape index (κ2) is 10.5. The Morgan fingerprint density at radius 2 is 1.74 bits per heavy atom. The number of rotatable bonds is 6. The lowest BCUT2D eigenvalue weighted by molar-refractivity contribution is -0.116. The first-order chi connectivity index (χ1) is 12.6. The average Bonchev–Trinajstić information content (AvgIpc) is 3.08. The van der Waals surface area contributed by atoms with E-state index < -0.39 is 0 Å². The van der Waals surface area contributed by atoms with Gasteiger partial charge < -0.3 is 16.4 Å². The monoisotopic (exact) mass is 498 g/mol. The molecular weight excluding hydrogens is 475 g/mol. The van der Waals surface area contributed by atoms with E-state index in [1.807, 2.05) is 6.07 Å². The van der Waals surface area contributed by atoms with Gasteiger partial charge in [0.15, 0.2) is 5.96 Å². The number of nitrogens with zero attached hydrogens (tertiary/aromatic N) is 1. The third-order valence-electron chi connectivity index (χ3n) is 4.34. The van der Waals surface area contributed by atoms with Crippen LogP contribution in [0.5, 0.6) is 0 Å². The molecule has 7 heteroatoms. The molecule has 0 saturated heterocycles. The molecular formula is C20H24ClIN4O. The highest BCUT2D eigenvalue weighted by atomic mass is 127. The number of carbonyl (C=O) groups is 1. The van der Waals surface area contributed by atoms with Crippen LogP contribution in [0.1, 0.15) is 30.4 Å². The Balaban J connectivity index is 0.00000261. The first kappa shape index (κ1) is 21.5. The minimum absolute atomic E-state index is 0. The zero-order valence-corrected chi connectivity index (χ0v) is 18.1. The van der Waals surface area contributed by atoms with Crippen LogP contribution in [0, 0.1) is 0 Å². The largest absolute Gasteiger partial charge is 0.370 e. The van der Waals surface area contributed by atoms with Gasteiger partial charge in [-0.15, -0.1) is 24.0 Å². The predicted molar refractivity (Wildman–Crippen MR) is 123 cm³/mol. The van der Waals surface area contributed by atoms with E-state index in [9.17, 15) is 4.79 Å². The number of carbonyl (C=O) groups excluding carboxylic acids is 1. The van der Waals surface area contributed by atoms with E-state index in [4.69, 9.17) is 17.3 Å². The third-order valence-corrected chi connectivity index (χ3v) is 4.59. The van der Waals surface area contributed by atoms with E-state index in [1.165, 1.54) is 17.5 Å². The summed E-state index contributed by atoms with van der Waals surface area (Å²) >= 11 is 5.82. The van der Waals surface area contributed by atoms with Gasteiger partial charge in [-0.3, -0.25) is 9.79 Å². The van der Waals surface area contributed by atoms with Crippen molar-refractivity contribution in [3.63, 3.8) is 0 Å². The number of amides is 1. The maximum atomic E-state index is 11.9. The maximum Gasteiger partial charge on any atom is 0.224 e. The lowest BCUT2D eigenvalue weighted by atomic mass is 10.1. The first-order valence-corrected chi connectivity index (χ1v) is 9.22. The summed E-state index contributed by atoms with van der Waals surface area (Å²) in [4.78, 5) is 16.2. The van der Waals surface area contributed by atoms with Crippen molar-refractivity contribution in [2.45, 2.75) is 32.1 Å². The molecule has 1 aliphatic carbocycles. The topological polar surface area (TPSA) is 79.5 Å². The van der Waals surface area contributed by atoms with Crippen molar-refractivity contribution < 1.29 is 4.79 Å². The molecule has 3 rings (SSSR count). The van der Waals surface area contributed by atoms with Crippen LogP contribution in [0.15, 0.2) is 47.5 Å². The molecule has 0 spiro atoms. The summed E-state index contributed by atoms with van der Waals surface area (Å²) in [5.74, 6) is 0.328. The van der Waals surface area contributed by atoms with E-state index in [0.717, 1.165) is 24.2 Å². The summed E-state index contributed by atoms with van der Waals surface area (Å²) in [6.45, 7) is 0.498. The molecule has 27 heavy (non-hydrogen) atoms. The van der Waals surface area contributed by atoms with Gasteiger partial charge in [-0.1, -0.05) is 17.7 Å². The van der Waals surface area contributed by atoms with Crippen LogP contribution in [0.25, 0.3) is 0 Å². The van der Waals surface area contributed by atoms with Gasteiger partial charge in [-0.05, 0) is 73.2 Å². The number of nitrogens with two attached hydrogens (primary N) is 1. The molecule has 0 heterocycles. The Hall–Kier alpha value is -1.80. The summed E-state index contributed by atoms with van der Waals surface area (Å²) < 4.78 is 0. The summed E-state index contributed by atoms with van der Waals surface area (Å²) in [5, 5.41) is 6.59. The van der Waals surface area contributed by atoms with Crippen molar-refractivity contribution >= 4 is 58.8 Å². The minimum Gasteiger partial charge on any atom is -0.370 e. The molecule has 0 radical (unpaired) electrons. The summed E-state index contributed by atoms with van der Waals surface area (Å²) in [6, 6.07) is 13.4. The van der Waals surface area contributed by atoms with Gasteiger partial charge in [-0.25, -0.2) is 0 Å². The third kappa shape index (κ3) is 6.70. The standard InChI is InChI=1S/C20H23ClN4O.HI/c21-16-7-10-17(11-8-16)24-19(26)5-2-12-23-20(22)25-18-9-6-14-3-1-4-15(14)13-18;/h6-11,13H,1-5,12H2,(H,24,26)(H3,22,23,25);1H. The van der Waals surface area contributed by atoms with Crippen LogP contribution >= 0.6 is 35.6 Å². The molecule has 0 bridgehead atoms. The summed E-state index contributed by atoms with van der Waals surface area (Å²) in [5.41, 5.74) is 10.5. The molecule has 1 aliphatic rings. The van der Waals surface area contributed by atoms with Gasteiger partial charge in [0.05, 0.1) is 0 Å².